The number of benzene rings is 2. The van der Waals surface area contributed by atoms with Crippen LogP contribution in [0.2, 0.25) is 5.02 Å². The third kappa shape index (κ3) is 4.99. The molecular weight excluding hydrogens is 405 g/mol. The zero-order valence-corrected chi connectivity index (χ0v) is 17.4. The van der Waals surface area contributed by atoms with E-state index in [4.69, 9.17) is 11.6 Å². The van der Waals surface area contributed by atoms with Crippen molar-refractivity contribution in [3.05, 3.63) is 70.5 Å². The predicted octanol–water partition coefficient (Wildman–Crippen LogP) is 3.52. The van der Waals surface area contributed by atoms with Gasteiger partial charge in [-0.1, -0.05) is 29.8 Å². The quantitative estimate of drug-likeness (QED) is 0.738. The number of nitrogens with one attached hydrogen (secondary N) is 2. The van der Waals surface area contributed by atoms with E-state index in [1.54, 1.807) is 0 Å². The van der Waals surface area contributed by atoms with Gasteiger partial charge in [0.2, 0.25) is 5.91 Å². The van der Waals surface area contributed by atoms with Gasteiger partial charge in [0.15, 0.2) is 0 Å². The molecule has 2 aromatic rings. The lowest BCUT2D eigenvalue weighted by Crippen LogP contribution is -2.51. The standard InChI is InChI=1S/C23H25ClFN3O2/c24-17-6-4-15(5-7-17)14-28-20-8-9-21(28)12-19(11-20)27-22(29)13-26-23(30)16-2-1-3-18(25)10-16/h1-7,10,19-21H,8-9,11-14H2,(H,26,30)(H,27,29). The monoisotopic (exact) mass is 429 g/mol. The van der Waals surface area contributed by atoms with Crippen LogP contribution in [0.15, 0.2) is 48.5 Å². The lowest BCUT2D eigenvalue weighted by molar-refractivity contribution is -0.121. The number of carbonyl (C=O) groups is 2. The Morgan fingerprint density at radius 2 is 1.77 bits per heavy atom. The Morgan fingerprint density at radius 1 is 1.07 bits per heavy atom. The van der Waals surface area contributed by atoms with Gasteiger partial charge in [0.1, 0.15) is 5.82 Å². The van der Waals surface area contributed by atoms with Crippen LogP contribution in [-0.4, -0.2) is 41.4 Å². The van der Waals surface area contributed by atoms with Gasteiger partial charge < -0.3 is 10.6 Å². The Morgan fingerprint density at radius 3 is 2.43 bits per heavy atom. The minimum atomic E-state index is -0.479. The second kappa shape index (κ2) is 9.14. The fraction of sp³-hybridized carbons (Fsp3) is 0.391. The minimum absolute atomic E-state index is 0.113. The molecule has 158 valence electrons. The van der Waals surface area contributed by atoms with Gasteiger partial charge in [-0.05, 0) is 61.6 Å². The number of nitrogens with zero attached hydrogens (tertiary/aromatic N) is 1. The van der Waals surface area contributed by atoms with Crippen LogP contribution in [0.5, 0.6) is 0 Å². The molecule has 2 unspecified atom stereocenters. The van der Waals surface area contributed by atoms with E-state index in [1.807, 2.05) is 12.1 Å². The predicted molar refractivity (Wildman–Crippen MR) is 114 cm³/mol. The molecule has 2 aliphatic heterocycles. The summed E-state index contributed by atoms with van der Waals surface area (Å²) in [6.45, 7) is 0.784. The maximum absolute atomic E-state index is 13.2. The first kappa shape index (κ1) is 20.8. The first-order valence-corrected chi connectivity index (χ1v) is 10.7. The maximum Gasteiger partial charge on any atom is 0.251 e. The van der Waals surface area contributed by atoms with Crippen LogP contribution in [0.3, 0.4) is 0 Å². The van der Waals surface area contributed by atoms with Gasteiger partial charge in [-0.15, -0.1) is 0 Å². The highest BCUT2D eigenvalue weighted by Gasteiger charge is 2.40. The summed E-state index contributed by atoms with van der Waals surface area (Å²) >= 11 is 5.98. The zero-order chi connectivity index (χ0) is 21.1. The van der Waals surface area contributed by atoms with Gasteiger partial charge >= 0.3 is 0 Å². The summed E-state index contributed by atoms with van der Waals surface area (Å²) in [4.78, 5) is 26.9. The highest BCUT2D eigenvalue weighted by molar-refractivity contribution is 6.30. The molecular formula is C23H25ClFN3O2. The zero-order valence-electron chi connectivity index (χ0n) is 16.6. The summed E-state index contributed by atoms with van der Waals surface area (Å²) in [6.07, 6.45) is 4.10. The van der Waals surface area contributed by atoms with Crippen molar-refractivity contribution in [2.24, 2.45) is 0 Å². The molecule has 2 fully saturated rings. The first-order valence-electron chi connectivity index (χ1n) is 10.3. The molecule has 2 heterocycles. The van der Waals surface area contributed by atoms with Crippen LogP contribution in [0.4, 0.5) is 4.39 Å². The molecule has 0 spiro atoms. The largest absolute Gasteiger partial charge is 0.352 e. The molecule has 2 amide bonds. The van der Waals surface area contributed by atoms with Crippen molar-refractivity contribution in [1.82, 2.24) is 15.5 Å². The van der Waals surface area contributed by atoms with Crippen LogP contribution in [0, 0.1) is 5.82 Å². The summed E-state index contributed by atoms with van der Waals surface area (Å²) in [5.41, 5.74) is 1.45. The van der Waals surface area contributed by atoms with Crippen LogP contribution in [0.25, 0.3) is 0 Å². The molecule has 5 nitrogen and oxygen atoms in total. The number of rotatable bonds is 6. The summed E-state index contributed by atoms with van der Waals surface area (Å²) in [5.74, 6) is -1.15. The lowest BCUT2D eigenvalue weighted by atomic mass is 9.96. The smallest absolute Gasteiger partial charge is 0.251 e. The normalized spacial score (nSPS) is 23.2. The number of halogens is 2. The third-order valence-electron chi connectivity index (χ3n) is 6.02. The highest BCUT2D eigenvalue weighted by Crippen LogP contribution is 2.36. The van der Waals surface area contributed by atoms with Crippen molar-refractivity contribution in [2.75, 3.05) is 6.54 Å². The molecule has 2 N–H and O–H groups in total. The summed E-state index contributed by atoms with van der Waals surface area (Å²) < 4.78 is 13.2. The van der Waals surface area contributed by atoms with E-state index >= 15 is 0 Å². The van der Waals surface area contributed by atoms with Gasteiger partial charge in [0.05, 0.1) is 6.54 Å². The van der Waals surface area contributed by atoms with E-state index < -0.39 is 11.7 Å². The van der Waals surface area contributed by atoms with Crippen LogP contribution in [0.1, 0.15) is 41.6 Å². The topological polar surface area (TPSA) is 61.4 Å². The summed E-state index contributed by atoms with van der Waals surface area (Å²) in [6, 6.07) is 14.4. The molecule has 0 aliphatic carbocycles. The maximum atomic E-state index is 13.2. The number of fused-ring (bicyclic) bond motifs is 2. The molecule has 4 rings (SSSR count). The Labute approximate surface area is 180 Å². The van der Waals surface area contributed by atoms with Crippen molar-refractivity contribution < 1.29 is 14.0 Å². The van der Waals surface area contributed by atoms with Gasteiger partial charge in [0.25, 0.3) is 5.91 Å². The molecule has 2 aromatic carbocycles. The van der Waals surface area contributed by atoms with E-state index in [0.717, 1.165) is 43.3 Å². The van der Waals surface area contributed by atoms with E-state index in [9.17, 15) is 14.0 Å². The van der Waals surface area contributed by atoms with Crippen molar-refractivity contribution in [1.29, 1.82) is 0 Å². The number of hydrogen-bond donors (Lipinski definition) is 2. The molecule has 30 heavy (non-hydrogen) atoms. The lowest BCUT2D eigenvalue weighted by Gasteiger charge is -2.39. The van der Waals surface area contributed by atoms with Crippen LogP contribution < -0.4 is 10.6 Å². The molecule has 0 aromatic heterocycles. The summed E-state index contributed by atoms with van der Waals surface area (Å²) in [5, 5.41) is 6.36. The SMILES string of the molecule is O=C(CNC(=O)c1cccc(F)c1)NC1CC2CCC(C1)N2Cc1ccc(Cl)cc1. The molecule has 0 saturated carbocycles. The fourth-order valence-electron chi connectivity index (χ4n) is 4.62. The number of hydrogen-bond acceptors (Lipinski definition) is 3. The highest BCUT2D eigenvalue weighted by atomic mass is 35.5. The average Bonchev–Trinajstić information content (AvgIpc) is 2.95. The van der Waals surface area contributed by atoms with Gasteiger partial charge in [0, 0.05) is 35.3 Å². The number of amides is 2. The average molecular weight is 430 g/mol. The fourth-order valence-corrected chi connectivity index (χ4v) is 4.75. The Kier molecular flexibility index (Phi) is 6.35. The van der Waals surface area contributed by atoms with Crippen molar-refractivity contribution in [3.63, 3.8) is 0 Å². The molecule has 7 heteroatoms. The molecule has 0 radical (unpaired) electrons. The van der Waals surface area contributed by atoms with E-state index in [-0.39, 0.29) is 24.1 Å². The molecule has 2 bridgehead atoms. The van der Waals surface area contributed by atoms with Crippen molar-refractivity contribution in [2.45, 2.75) is 50.4 Å². The summed E-state index contributed by atoms with van der Waals surface area (Å²) in [7, 11) is 0. The van der Waals surface area contributed by atoms with Gasteiger partial charge in [-0.2, -0.15) is 0 Å². The first-order chi connectivity index (χ1) is 14.5. The van der Waals surface area contributed by atoms with Crippen LogP contribution in [-0.2, 0) is 11.3 Å². The minimum Gasteiger partial charge on any atom is -0.352 e. The molecule has 2 saturated heterocycles. The van der Waals surface area contributed by atoms with Crippen molar-refractivity contribution in [3.8, 4) is 0 Å². The van der Waals surface area contributed by atoms with E-state index in [0.29, 0.717) is 12.1 Å². The Balaban J connectivity index is 1.26. The number of carbonyl (C=O) groups excluding carboxylic acids is 2. The van der Waals surface area contributed by atoms with E-state index in [2.05, 4.69) is 27.7 Å². The Bertz CT molecular complexity index is 907. The third-order valence-corrected chi connectivity index (χ3v) is 6.28. The molecule has 2 atom stereocenters. The van der Waals surface area contributed by atoms with Gasteiger partial charge in [-0.3, -0.25) is 14.5 Å². The van der Waals surface area contributed by atoms with Gasteiger partial charge in [-0.25, -0.2) is 4.39 Å². The number of piperidine rings is 1. The molecule has 2 aliphatic rings. The van der Waals surface area contributed by atoms with Crippen molar-refractivity contribution >= 4 is 23.4 Å². The van der Waals surface area contributed by atoms with Crippen LogP contribution >= 0.6 is 11.6 Å². The second-order valence-electron chi connectivity index (χ2n) is 8.11. The second-order valence-corrected chi connectivity index (χ2v) is 8.55. The van der Waals surface area contributed by atoms with E-state index in [1.165, 1.54) is 23.8 Å². The Hall–Kier alpha value is -2.44.